The fourth-order valence-corrected chi connectivity index (χ4v) is 3.79. The van der Waals surface area contributed by atoms with E-state index in [4.69, 9.17) is 11.6 Å². The van der Waals surface area contributed by atoms with Crippen LogP contribution in [-0.4, -0.2) is 68.3 Å². The van der Waals surface area contributed by atoms with E-state index in [0.29, 0.717) is 17.9 Å². The zero-order chi connectivity index (χ0) is 21.5. The number of rotatable bonds is 5. The van der Waals surface area contributed by atoms with Gasteiger partial charge in [0.05, 0.1) is 11.4 Å². The SMILES string of the molecule is CCCCc1nc(Cl)c(C2CC(C3C(=O)N(C)C(=O)N(C)C3=O)=NN2C(C)=O)[nH]1. The van der Waals surface area contributed by atoms with Crippen LogP contribution in [-0.2, 0) is 20.8 Å². The highest BCUT2D eigenvalue weighted by molar-refractivity contribution is 6.30. The molecule has 0 radical (unpaired) electrons. The van der Waals surface area contributed by atoms with Crippen molar-refractivity contribution in [2.24, 2.45) is 11.0 Å². The van der Waals surface area contributed by atoms with E-state index >= 15 is 0 Å². The summed E-state index contributed by atoms with van der Waals surface area (Å²) >= 11 is 6.30. The summed E-state index contributed by atoms with van der Waals surface area (Å²) in [5.41, 5.74) is 0.729. The molecule has 1 N–H and O–H groups in total. The molecule has 3 heterocycles. The van der Waals surface area contributed by atoms with Gasteiger partial charge in [0.25, 0.3) is 0 Å². The molecule has 29 heavy (non-hydrogen) atoms. The number of carbonyl (C=O) groups is 4. The summed E-state index contributed by atoms with van der Waals surface area (Å²) in [7, 11) is 2.62. The van der Waals surface area contributed by atoms with Crippen LogP contribution >= 0.6 is 11.6 Å². The maximum Gasteiger partial charge on any atom is 0.332 e. The Morgan fingerprint density at radius 1 is 1.21 bits per heavy atom. The van der Waals surface area contributed by atoms with Gasteiger partial charge in [0.2, 0.25) is 17.7 Å². The van der Waals surface area contributed by atoms with Gasteiger partial charge in [-0.15, -0.1) is 0 Å². The van der Waals surface area contributed by atoms with Gasteiger partial charge < -0.3 is 4.98 Å². The number of imide groups is 2. The Hall–Kier alpha value is -2.75. The number of aromatic amines is 1. The monoisotopic (exact) mass is 422 g/mol. The van der Waals surface area contributed by atoms with E-state index in [1.807, 2.05) is 0 Å². The molecule has 10 nitrogen and oxygen atoms in total. The smallest absolute Gasteiger partial charge is 0.332 e. The average molecular weight is 423 g/mol. The van der Waals surface area contributed by atoms with E-state index in [1.165, 1.54) is 26.0 Å². The zero-order valence-electron chi connectivity index (χ0n) is 16.7. The number of H-pyrrole nitrogens is 1. The first-order chi connectivity index (χ1) is 13.7. The van der Waals surface area contributed by atoms with Gasteiger partial charge in [-0.05, 0) is 6.42 Å². The van der Waals surface area contributed by atoms with Crippen LogP contribution in [0.15, 0.2) is 5.10 Å². The molecular weight excluding hydrogens is 400 g/mol. The number of carbonyl (C=O) groups excluding carboxylic acids is 4. The molecule has 0 spiro atoms. The number of nitrogens with one attached hydrogen (secondary N) is 1. The number of aromatic nitrogens is 2. The number of nitrogens with zero attached hydrogens (tertiary/aromatic N) is 5. The number of hydrazone groups is 1. The molecule has 1 saturated heterocycles. The minimum absolute atomic E-state index is 0.132. The summed E-state index contributed by atoms with van der Waals surface area (Å²) in [5, 5.41) is 5.70. The molecule has 3 rings (SSSR count). The molecular formula is C18H23ClN6O4. The van der Waals surface area contributed by atoms with Crippen molar-refractivity contribution in [3.8, 4) is 0 Å². The second-order valence-corrected chi connectivity index (χ2v) is 7.53. The van der Waals surface area contributed by atoms with E-state index in [9.17, 15) is 19.2 Å². The molecule has 156 valence electrons. The molecule has 1 aromatic rings. The van der Waals surface area contributed by atoms with Gasteiger partial charge in [-0.2, -0.15) is 5.10 Å². The highest BCUT2D eigenvalue weighted by Gasteiger charge is 2.48. The van der Waals surface area contributed by atoms with Crippen LogP contribution in [0.25, 0.3) is 0 Å². The Labute approximate surface area is 172 Å². The molecule has 1 aromatic heterocycles. The molecule has 2 aliphatic rings. The number of hydrogen-bond donors (Lipinski definition) is 1. The van der Waals surface area contributed by atoms with Crippen LogP contribution in [0.5, 0.6) is 0 Å². The summed E-state index contributed by atoms with van der Waals surface area (Å²) in [6, 6.07) is -1.31. The van der Waals surface area contributed by atoms with Crippen molar-refractivity contribution in [1.29, 1.82) is 0 Å². The number of unbranched alkanes of at least 4 members (excludes halogenated alkanes) is 1. The topological polar surface area (TPSA) is 119 Å². The Morgan fingerprint density at radius 3 is 2.38 bits per heavy atom. The summed E-state index contributed by atoms with van der Waals surface area (Å²) < 4.78 is 0. The van der Waals surface area contributed by atoms with Crippen LogP contribution in [0.4, 0.5) is 4.79 Å². The quantitative estimate of drug-likeness (QED) is 0.724. The van der Waals surface area contributed by atoms with Gasteiger partial charge in [0.15, 0.2) is 11.1 Å². The Balaban J connectivity index is 1.92. The maximum atomic E-state index is 12.6. The van der Waals surface area contributed by atoms with Crippen molar-refractivity contribution in [3.63, 3.8) is 0 Å². The molecule has 1 fully saturated rings. The summed E-state index contributed by atoms with van der Waals surface area (Å²) in [4.78, 5) is 58.6. The lowest BCUT2D eigenvalue weighted by Crippen LogP contribution is -2.58. The maximum absolute atomic E-state index is 12.6. The lowest BCUT2D eigenvalue weighted by atomic mass is 9.93. The minimum atomic E-state index is -1.25. The van der Waals surface area contributed by atoms with E-state index in [0.717, 1.165) is 22.6 Å². The molecule has 0 aliphatic carbocycles. The third-order valence-electron chi connectivity index (χ3n) is 5.15. The van der Waals surface area contributed by atoms with Crippen molar-refractivity contribution < 1.29 is 19.2 Å². The van der Waals surface area contributed by atoms with E-state index in [1.54, 1.807) is 0 Å². The number of hydrogen-bond acceptors (Lipinski definition) is 6. The molecule has 0 bridgehead atoms. The second kappa shape index (κ2) is 7.94. The molecule has 0 aromatic carbocycles. The predicted octanol–water partition coefficient (Wildman–Crippen LogP) is 1.72. The fraction of sp³-hybridized carbons (Fsp3) is 0.556. The third kappa shape index (κ3) is 3.64. The highest BCUT2D eigenvalue weighted by Crippen LogP contribution is 2.36. The zero-order valence-corrected chi connectivity index (χ0v) is 17.5. The van der Waals surface area contributed by atoms with Gasteiger partial charge in [-0.3, -0.25) is 24.2 Å². The van der Waals surface area contributed by atoms with Gasteiger partial charge in [-0.25, -0.2) is 14.8 Å². The minimum Gasteiger partial charge on any atom is -0.343 e. The number of amides is 5. The fourth-order valence-electron chi connectivity index (χ4n) is 3.51. The molecule has 5 amide bonds. The van der Waals surface area contributed by atoms with Gasteiger partial charge >= 0.3 is 6.03 Å². The van der Waals surface area contributed by atoms with Crippen molar-refractivity contribution in [2.75, 3.05) is 14.1 Å². The van der Waals surface area contributed by atoms with Gasteiger partial charge in [0.1, 0.15) is 11.9 Å². The molecule has 0 saturated carbocycles. The first-order valence-electron chi connectivity index (χ1n) is 9.37. The van der Waals surface area contributed by atoms with Gasteiger partial charge in [0, 0.05) is 33.9 Å². The number of aryl methyl sites for hydroxylation is 1. The Kier molecular flexibility index (Phi) is 5.74. The largest absolute Gasteiger partial charge is 0.343 e. The van der Waals surface area contributed by atoms with Crippen LogP contribution in [0.2, 0.25) is 5.15 Å². The Bertz CT molecular complexity index is 886. The van der Waals surface area contributed by atoms with Crippen molar-refractivity contribution >= 4 is 41.1 Å². The van der Waals surface area contributed by atoms with E-state index < -0.39 is 29.8 Å². The third-order valence-corrected chi connectivity index (χ3v) is 5.44. The molecule has 1 unspecified atom stereocenters. The van der Waals surface area contributed by atoms with Crippen LogP contribution in [0, 0.1) is 5.92 Å². The van der Waals surface area contributed by atoms with E-state index in [2.05, 4.69) is 22.0 Å². The summed E-state index contributed by atoms with van der Waals surface area (Å²) in [6.45, 7) is 3.41. The number of urea groups is 1. The van der Waals surface area contributed by atoms with Gasteiger partial charge in [-0.1, -0.05) is 24.9 Å². The first kappa shape index (κ1) is 21.0. The predicted molar refractivity (Wildman–Crippen MR) is 104 cm³/mol. The number of barbiturate groups is 1. The second-order valence-electron chi connectivity index (χ2n) is 7.18. The molecule has 11 heteroatoms. The highest BCUT2D eigenvalue weighted by atomic mass is 35.5. The molecule has 1 atom stereocenters. The van der Waals surface area contributed by atoms with Crippen LogP contribution in [0.1, 0.15) is 50.7 Å². The normalized spacial score (nSPS) is 20.7. The Morgan fingerprint density at radius 2 is 1.83 bits per heavy atom. The van der Waals surface area contributed by atoms with Crippen molar-refractivity contribution in [2.45, 2.75) is 45.6 Å². The summed E-state index contributed by atoms with van der Waals surface area (Å²) in [5.74, 6) is -2.24. The van der Waals surface area contributed by atoms with Crippen LogP contribution in [0.3, 0.4) is 0 Å². The lowest BCUT2D eigenvalue weighted by molar-refractivity contribution is -0.144. The lowest BCUT2D eigenvalue weighted by Gasteiger charge is -2.32. The van der Waals surface area contributed by atoms with Crippen molar-refractivity contribution in [3.05, 3.63) is 16.7 Å². The van der Waals surface area contributed by atoms with E-state index in [-0.39, 0.29) is 23.2 Å². The standard InChI is InChI=1S/C18H23ClN6O4/c1-5-6-7-12-20-14(15(19)21-12)11-8-10(22-25(11)9(2)26)13-16(27)23(3)18(29)24(4)17(13)28/h11,13H,5-8H2,1-4H3,(H,20,21). The van der Waals surface area contributed by atoms with Crippen molar-refractivity contribution in [1.82, 2.24) is 24.8 Å². The van der Waals surface area contributed by atoms with Crippen LogP contribution < -0.4 is 0 Å². The first-order valence-corrected chi connectivity index (χ1v) is 9.75. The number of imidazole rings is 1. The summed E-state index contributed by atoms with van der Waals surface area (Å²) in [6.07, 6.45) is 2.78. The molecule has 2 aliphatic heterocycles. The average Bonchev–Trinajstić information content (AvgIpc) is 3.27. The number of halogens is 1.